The second-order valence-electron chi connectivity index (χ2n) is 6.67. The van der Waals surface area contributed by atoms with Gasteiger partial charge in [0.25, 0.3) is 0 Å². The molecule has 2 aromatic heterocycles. The smallest absolute Gasteiger partial charge is 0.244 e. The molecule has 26 heavy (non-hydrogen) atoms. The van der Waals surface area contributed by atoms with E-state index in [2.05, 4.69) is 20.4 Å². The van der Waals surface area contributed by atoms with Crippen molar-refractivity contribution in [2.24, 2.45) is 0 Å². The molecule has 1 saturated carbocycles. The molecular formula is C20H20N4O2. The minimum Gasteiger partial charge on any atom is -0.340 e. The molecule has 0 bridgehead atoms. The maximum atomic E-state index is 12.6. The number of benzene rings is 1. The Hall–Kier alpha value is -3.02. The molecule has 3 aromatic rings. The Morgan fingerprint density at radius 2 is 2.04 bits per heavy atom. The number of aromatic nitrogens is 3. The molecule has 1 amide bonds. The fraction of sp³-hybridized carbons (Fsp3) is 0.300. The minimum absolute atomic E-state index is 0.165. The lowest BCUT2D eigenvalue weighted by Gasteiger charge is -2.25. The van der Waals surface area contributed by atoms with Crippen LogP contribution in [0.15, 0.2) is 47.1 Å². The van der Waals surface area contributed by atoms with E-state index >= 15 is 0 Å². The molecular weight excluding hydrogens is 328 g/mol. The average Bonchev–Trinajstić information content (AvgIpc) is 3.30. The van der Waals surface area contributed by atoms with Gasteiger partial charge in [0.15, 0.2) is 5.82 Å². The number of para-hydroxylation sites is 1. The third-order valence-corrected chi connectivity index (χ3v) is 4.85. The van der Waals surface area contributed by atoms with Gasteiger partial charge in [-0.1, -0.05) is 42.3 Å². The van der Waals surface area contributed by atoms with Crippen LogP contribution in [0.5, 0.6) is 0 Å². The first-order valence-corrected chi connectivity index (χ1v) is 8.81. The number of pyridine rings is 1. The van der Waals surface area contributed by atoms with Crippen molar-refractivity contribution in [3.8, 4) is 0 Å². The predicted octanol–water partition coefficient (Wildman–Crippen LogP) is 3.53. The minimum atomic E-state index is -0.532. The van der Waals surface area contributed by atoms with Crippen molar-refractivity contribution in [1.29, 1.82) is 0 Å². The van der Waals surface area contributed by atoms with Crippen LogP contribution >= 0.6 is 0 Å². The lowest BCUT2D eigenvalue weighted by atomic mass is 9.96. The van der Waals surface area contributed by atoms with E-state index in [0.29, 0.717) is 11.7 Å². The fourth-order valence-corrected chi connectivity index (χ4v) is 3.58. The first kappa shape index (κ1) is 16.4. The summed E-state index contributed by atoms with van der Waals surface area (Å²) in [5.74, 6) is 0.918. The SMILES string of the molecule is Cc1nc(C2(NC(=O)/C=C/c3cccc4cccnc34)CCCC2)no1. The maximum absolute atomic E-state index is 12.6. The van der Waals surface area contributed by atoms with E-state index < -0.39 is 5.54 Å². The van der Waals surface area contributed by atoms with Crippen LogP contribution in [0.25, 0.3) is 17.0 Å². The second kappa shape index (κ2) is 6.71. The Morgan fingerprint density at radius 3 is 2.81 bits per heavy atom. The lowest BCUT2D eigenvalue weighted by Crippen LogP contribution is -2.44. The highest BCUT2D eigenvalue weighted by Gasteiger charge is 2.40. The van der Waals surface area contributed by atoms with Crippen molar-refractivity contribution < 1.29 is 9.32 Å². The number of nitrogens with zero attached hydrogens (tertiary/aromatic N) is 3. The molecule has 4 rings (SSSR count). The van der Waals surface area contributed by atoms with Gasteiger partial charge in [0.2, 0.25) is 11.8 Å². The van der Waals surface area contributed by atoms with Crippen LogP contribution in [0.3, 0.4) is 0 Å². The van der Waals surface area contributed by atoms with Gasteiger partial charge >= 0.3 is 0 Å². The van der Waals surface area contributed by atoms with Crippen molar-refractivity contribution in [1.82, 2.24) is 20.4 Å². The van der Waals surface area contributed by atoms with Gasteiger partial charge < -0.3 is 9.84 Å². The van der Waals surface area contributed by atoms with Crippen LogP contribution in [-0.4, -0.2) is 21.0 Å². The third kappa shape index (κ3) is 3.10. The summed E-state index contributed by atoms with van der Waals surface area (Å²) < 4.78 is 5.12. The zero-order valence-corrected chi connectivity index (χ0v) is 14.6. The van der Waals surface area contributed by atoms with E-state index in [1.807, 2.05) is 30.3 Å². The highest BCUT2D eigenvalue weighted by molar-refractivity contribution is 5.95. The van der Waals surface area contributed by atoms with Crippen LogP contribution in [0.1, 0.15) is 43.0 Å². The summed E-state index contributed by atoms with van der Waals surface area (Å²) >= 11 is 0. The van der Waals surface area contributed by atoms with E-state index in [1.165, 1.54) is 0 Å². The molecule has 6 heteroatoms. The number of hydrogen-bond acceptors (Lipinski definition) is 5. The quantitative estimate of drug-likeness (QED) is 0.730. The summed E-state index contributed by atoms with van der Waals surface area (Å²) in [6.45, 7) is 1.76. The molecule has 0 atom stereocenters. The standard InChI is InChI=1S/C20H20N4O2/c1-14-22-19(24-26-14)20(11-2-3-12-20)23-17(25)10-9-16-7-4-6-15-8-5-13-21-18(15)16/h4-10,13H,2-3,11-12H2,1H3,(H,23,25)/b10-9+. The van der Waals surface area contributed by atoms with Gasteiger partial charge in [-0.25, -0.2) is 0 Å². The molecule has 2 heterocycles. The van der Waals surface area contributed by atoms with Crippen LogP contribution in [-0.2, 0) is 10.3 Å². The fourth-order valence-electron chi connectivity index (χ4n) is 3.58. The second-order valence-corrected chi connectivity index (χ2v) is 6.67. The third-order valence-electron chi connectivity index (χ3n) is 4.85. The molecule has 1 aromatic carbocycles. The normalized spacial score (nSPS) is 16.3. The topological polar surface area (TPSA) is 80.9 Å². The average molecular weight is 348 g/mol. The van der Waals surface area contributed by atoms with Gasteiger partial charge in [0, 0.05) is 30.1 Å². The number of hydrogen-bond donors (Lipinski definition) is 1. The zero-order valence-electron chi connectivity index (χ0n) is 14.6. The van der Waals surface area contributed by atoms with Crippen molar-refractivity contribution in [2.45, 2.75) is 38.1 Å². The van der Waals surface area contributed by atoms with Crippen molar-refractivity contribution in [2.75, 3.05) is 0 Å². The van der Waals surface area contributed by atoms with Gasteiger partial charge in [-0.15, -0.1) is 0 Å². The van der Waals surface area contributed by atoms with E-state index in [-0.39, 0.29) is 5.91 Å². The van der Waals surface area contributed by atoms with Crippen LogP contribution in [0.4, 0.5) is 0 Å². The molecule has 0 radical (unpaired) electrons. The summed E-state index contributed by atoms with van der Waals surface area (Å²) in [6, 6.07) is 9.83. The Labute approximate surface area is 151 Å². The highest BCUT2D eigenvalue weighted by atomic mass is 16.5. The molecule has 1 aliphatic carbocycles. The van der Waals surface area contributed by atoms with Gasteiger partial charge in [-0.3, -0.25) is 9.78 Å². The summed E-state index contributed by atoms with van der Waals surface area (Å²) in [7, 11) is 0. The number of rotatable bonds is 4. The van der Waals surface area contributed by atoms with Crippen molar-refractivity contribution in [3.05, 3.63) is 59.9 Å². The first-order valence-electron chi connectivity index (χ1n) is 8.81. The van der Waals surface area contributed by atoms with Crippen LogP contribution in [0.2, 0.25) is 0 Å². The van der Waals surface area contributed by atoms with Crippen LogP contribution < -0.4 is 5.32 Å². The number of carbonyl (C=O) groups excluding carboxylic acids is 1. The van der Waals surface area contributed by atoms with Gasteiger partial charge in [-0.2, -0.15) is 4.98 Å². The van der Waals surface area contributed by atoms with Gasteiger partial charge in [-0.05, 0) is 25.0 Å². The Bertz CT molecular complexity index is 965. The molecule has 0 unspecified atom stereocenters. The molecule has 132 valence electrons. The summed E-state index contributed by atoms with van der Waals surface area (Å²) in [6.07, 6.45) is 8.81. The molecule has 1 aliphatic rings. The zero-order chi connectivity index (χ0) is 18.0. The molecule has 0 aliphatic heterocycles. The maximum Gasteiger partial charge on any atom is 0.244 e. The van der Waals surface area contributed by atoms with E-state index in [4.69, 9.17) is 4.52 Å². The molecule has 0 saturated heterocycles. The lowest BCUT2D eigenvalue weighted by molar-refractivity contribution is -0.118. The molecule has 1 fully saturated rings. The summed E-state index contributed by atoms with van der Waals surface area (Å²) in [5, 5.41) is 8.20. The monoisotopic (exact) mass is 348 g/mol. The first-order chi connectivity index (χ1) is 12.7. The predicted molar refractivity (Wildman–Crippen MR) is 98.1 cm³/mol. The number of amides is 1. The van der Waals surface area contributed by atoms with E-state index in [1.54, 1.807) is 25.3 Å². The number of fused-ring (bicyclic) bond motifs is 1. The Balaban J connectivity index is 1.56. The van der Waals surface area contributed by atoms with Crippen molar-refractivity contribution in [3.63, 3.8) is 0 Å². The van der Waals surface area contributed by atoms with Gasteiger partial charge in [0.1, 0.15) is 5.54 Å². The molecule has 6 nitrogen and oxygen atoms in total. The number of aryl methyl sites for hydroxylation is 1. The number of nitrogens with one attached hydrogen (secondary N) is 1. The summed E-state index contributed by atoms with van der Waals surface area (Å²) in [5.41, 5.74) is 1.26. The van der Waals surface area contributed by atoms with Crippen molar-refractivity contribution >= 4 is 22.9 Å². The Morgan fingerprint density at radius 1 is 1.23 bits per heavy atom. The summed E-state index contributed by atoms with van der Waals surface area (Å²) in [4.78, 5) is 21.4. The van der Waals surface area contributed by atoms with E-state index in [9.17, 15) is 4.79 Å². The number of carbonyl (C=O) groups is 1. The highest BCUT2D eigenvalue weighted by Crippen LogP contribution is 2.37. The largest absolute Gasteiger partial charge is 0.340 e. The van der Waals surface area contributed by atoms with Gasteiger partial charge in [0.05, 0.1) is 5.52 Å². The molecule has 0 spiro atoms. The molecule has 1 N–H and O–H groups in total. The van der Waals surface area contributed by atoms with E-state index in [0.717, 1.165) is 42.1 Å². The Kier molecular flexibility index (Phi) is 4.24. The van der Waals surface area contributed by atoms with Crippen LogP contribution in [0, 0.1) is 6.92 Å².